The van der Waals surface area contributed by atoms with E-state index in [0.29, 0.717) is 22.3 Å². The molecule has 0 unspecified atom stereocenters. The van der Waals surface area contributed by atoms with Crippen molar-refractivity contribution in [1.29, 1.82) is 0 Å². The van der Waals surface area contributed by atoms with Crippen LogP contribution in [0.2, 0.25) is 5.02 Å². The largest absolute Gasteiger partial charge is 0.497 e. The number of nitrogens with one attached hydrogen (secondary N) is 1. The number of carbonyl (C=O) groups is 1. The number of hydrogen-bond donors (Lipinski definition) is 2. The van der Waals surface area contributed by atoms with Gasteiger partial charge in [0.05, 0.1) is 17.8 Å². The smallest absolute Gasteiger partial charge is 0.250 e. The number of rotatable bonds is 6. The highest BCUT2D eigenvalue weighted by atomic mass is 35.5. The Hall–Kier alpha value is -2.66. The van der Waals surface area contributed by atoms with Crippen LogP contribution in [0.1, 0.15) is 25.3 Å². The molecule has 2 aromatic rings. The topological polar surface area (TPSA) is 67.6 Å². The van der Waals surface area contributed by atoms with Crippen molar-refractivity contribution < 1.29 is 9.53 Å². The highest BCUT2D eigenvalue weighted by Crippen LogP contribution is 2.33. The predicted molar refractivity (Wildman–Crippen MR) is 120 cm³/mol. The molecule has 3 N–H and O–H groups in total. The molecule has 0 bridgehead atoms. The van der Waals surface area contributed by atoms with E-state index in [2.05, 4.69) is 22.3 Å². The SMILES string of the molecule is COc1cccc(CC2CCN(c3ccc(NC(=O)C=C(C)N)cc3Cl)CC2)c1. The standard InChI is InChI=1S/C23H28ClN3O2/c1-16(25)12-23(28)26-19-6-7-22(21(24)15-19)27-10-8-17(9-11-27)13-18-4-3-5-20(14-18)29-2/h3-7,12,14-15,17H,8-11,13,25H2,1-2H3,(H,26,28). The first kappa shape index (κ1) is 21.1. The van der Waals surface area contributed by atoms with Crippen LogP contribution in [0.15, 0.2) is 54.2 Å². The third-order valence-electron chi connectivity index (χ3n) is 5.19. The summed E-state index contributed by atoms with van der Waals surface area (Å²) in [5.41, 5.74) is 8.99. The number of methoxy groups -OCH3 is 1. The van der Waals surface area contributed by atoms with E-state index in [4.69, 9.17) is 22.1 Å². The summed E-state index contributed by atoms with van der Waals surface area (Å²) < 4.78 is 5.33. The monoisotopic (exact) mass is 413 g/mol. The predicted octanol–water partition coefficient (Wildman–Crippen LogP) is 4.61. The van der Waals surface area contributed by atoms with E-state index in [0.717, 1.165) is 43.8 Å². The number of ether oxygens (including phenoxy) is 1. The second-order valence-corrected chi connectivity index (χ2v) is 7.94. The van der Waals surface area contributed by atoms with Gasteiger partial charge in [-0.2, -0.15) is 0 Å². The normalized spacial score (nSPS) is 15.3. The van der Waals surface area contributed by atoms with Crippen molar-refractivity contribution in [3.05, 3.63) is 64.8 Å². The second kappa shape index (κ2) is 9.70. The minimum Gasteiger partial charge on any atom is -0.497 e. The lowest BCUT2D eigenvalue weighted by atomic mass is 9.90. The Kier molecular flexibility index (Phi) is 7.04. The van der Waals surface area contributed by atoms with Crippen LogP contribution in [0.25, 0.3) is 0 Å². The van der Waals surface area contributed by atoms with Crippen molar-refractivity contribution in [2.75, 3.05) is 30.4 Å². The van der Waals surface area contributed by atoms with Gasteiger partial charge in [0.25, 0.3) is 0 Å². The molecule has 154 valence electrons. The quantitative estimate of drug-likeness (QED) is 0.678. The van der Waals surface area contributed by atoms with Crippen molar-refractivity contribution in [3.8, 4) is 5.75 Å². The third-order valence-corrected chi connectivity index (χ3v) is 5.49. The maximum Gasteiger partial charge on any atom is 0.250 e. The summed E-state index contributed by atoms with van der Waals surface area (Å²) in [6.07, 6.45) is 4.66. The fourth-order valence-electron chi connectivity index (χ4n) is 3.74. The van der Waals surface area contributed by atoms with Crippen LogP contribution in [-0.4, -0.2) is 26.1 Å². The number of nitrogens with zero attached hydrogens (tertiary/aromatic N) is 1. The van der Waals surface area contributed by atoms with Gasteiger partial charge in [-0.1, -0.05) is 23.7 Å². The molecular formula is C23H28ClN3O2. The molecule has 5 nitrogen and oxygen atoms in total. The van der Waals surface area contributed by atoms with Crippen molar-refractivity contribution in [2.24, 2.45) is 11.7 Å². The van der Waals surface area contributed by atoms with Crippen molar-refractivity contribution in [3.63, 3.8) is 0 Å². The van der Waals surface area contributed by atoms with Crippen molar-refractivity contribution >= 4 is 28.9 Å². The van der Waals surface area contributed by atoms with Crippen LogP contribution in [0, 0.1) is 5.92 Å². The van der Waals surface area contributed by atoms with E-state index >= 15 is 0 Å². The fourth-order valence-corrected chi connectivity index (χ4v) is 4.04. The Morgan fingerprint density at radius 1 is 1.28 bits per heavy atom. The summed E-state index contributed by atoms with van der Waals surface area (Å²) in [6.45, 7) is 3.61. The minimum atomic E-state index is -0.257. The van der Waals surface area contributed by atoms with Gasteiger partial charge >= 0.3 is 0 Å². The van der Waals surface area contributed by atoms with E-state index in [-0.39, 0.29) is 5.91 Å². The molecule has 0 aliphatic carbocycles. The molecule has 6 heteroatoms. The molecule has 1 heterocycles. The molecule has 1 amide bonds. The maximum absolute atomic E-state index is 11.8. The van der Waals surface area contributed by atoms with E-state index in [1.807, 2.05) is 24.3 Å². The number of nitrogens with two attached hydrogens (primary N) is 1. The molecule has 1 saturated heterocycles. The summed E-state index contributed by atoms with van der Waals surface area (Å²) in [6, 6.07) is 14.0. The molecule has 1 aliphatic heterocycles. The van der Waals surface area contributed by atoms with Gasteiger partial charge in [-0.15, -0.1) is 0 Å². The van der Waals surface area contributed by atoms with Crippen molar-refractivity contribution in [1.82, 2.24) is 0 Å². The zero-order chi connectivity index (χ0) is 20.8. The number of anilines is 2. The zero-order valence-electron chi connectivity index (χ0n) is 17.0. The molecule has 2 aromatic carbocycles. The number of hydrogen-bond acceptors (Lipinski definition) is 4. The van der Waals surface area contributed by atoms with Gasteiger partial charge in [0, 0.05) is 30.5 Å². The summed E-state index contributed by atoms with van der Waals surface area (Å²) >= 11 is 6.50. The lowest BCUT2D eigenvalue weighted by molar-refractivity contribution is -0.111. The number of benzene rings is 2. The summed E-state index contributed by atoms with van der Waals surface area (Å²) in [4.78, 5) is 14.1. The van der Waals surface area contributed by atoms with Gasteiger partial charge < -0.3 is 20.7 Å². The number of carbonyl (C=O) groups excluding carboxylic acids is 1. The van der Waals surface area contributed by atoms with E-state index in [1.165, 1.54) is 11.6 Å². The molecule has 0 spiro atoms. The highest BCUT2D eigenvalue weighted by molar-refractivity contribution is 6.33. The van der Waals surface area contributed by atoms with Crippen LogP contribution in [0.5, 0.6) is 5.75 Å². The molecule has 1 fully saturated rings. The maximum atomic E-state index is 11.8. The Balaban J connectivity index is 1.57. The molecular weight excluding hydrogens is 386 g/mol. The van der Waals surface area contributed by atoms with Crippen LogP contribution < -0.4 is 20.7 Å². The molecule has 29 heavy (non-hydrogen) atoms. The van der Waals surface area contributed by atoms with Gasteiger partial charge in [0.1, 0.15) is 5.75 Å². The Morgan fingerprint density at radius 3 is 2.69 bits per heavy atom. The van der Waals surface area contributed by atoms with Crippen LogP contribution in [0.3, 0.4) is 0 Å². The van der Waals surface area contributed by atoms with Crippen LogP contribution in [0.4, 0.5) is 11.4 Å². The fraction of sp³-hybridized carbons (Fsp3) is 0.348. The third kappa shape index (κ3) is 5.91. The number of amides is 1. The Bertz CT molecular complexity index is 885. The van der Waals surface area contributed by atoms with Gasteiger partial charge in [-0.25, -0.2) is 0 Å². The first-order valence-electron chi connectivity index (χ1n) is 9.87. The second-order valence-electron chi connectivity index (χ2n) is 7.53. The summed E-state index contributed by atoms with van der Waals surface area (Å²) in [5, 5.41) is 3.42. The van der Waals surface area contributed by atoms with E-state index in [1.54, 1.807) is 20.1 Å². The molecule has 1 aliphatic rings. The number of allylic oxidation sites excluding steroid dienone is 1. The van der Waals surface area contributed by atoms with Gasteiger partial charge in [-0.05, 0) is 68.0 Å². The minimum absolute atomic E-state index is 0.257. The van der Waals surface area contributed by atoms with Gasteiger partial charge in [0.15, 0.2) is 0 Å². The first-order valence-corrected chi connectivity index (χ1v) is 10.2. The van der Waals surface area contributed by atoms with Crippen LogP contribution >= 0.6 is 11.6 Å². The lowest BCUT2D eigenvalue weighted by Crippen LogP contribution is -2.34. The van der Waals surface area contributed by atoms with Crippen molar-refractivity contribution in [2.45, 2.75) is 26.2 Å². The highest BCUT2D eigenvalue weighted by Gasteiger charge is 2.21. The lowest BCUT2D eigenvalue weighted by Gasteiger charge is -2.34. The van der Waals surface area contributed by atoms with E-state index in [9.17, 15) is 4.79 Å². The molecule has 0 atom stereocenters. The number of halogens is 1. The van der Waals surface area contributed by atoms with Crippen LogP contribution in [-0.2, 0) is 11.2 Å². The van der Waals surface area contributed by atoms with E-state index < -0.39 is 0 Å². The summed E-state index contributed by atoms with van der Waals surface area (Å²) in [5.74, 6) is 1.31. The molecule has 0 aromatic heterocycles. The first-order chi connectivity index (χ1) is 13.9. The zero-order valence-corrected chi connectivity index (χ0v) is 17.7. The number of piperidine rings is 1. The average molecular weight is 414 g/mol. The molecule has 3 rings (SSSR count). The Labute approximate surface area is 177 Å². The average Bonchev–Trinajstić information content (AvgIpc) is 2.68. The Morgan fingerprint density at radius 2 is 2.03 bits per heavy atom. The van der Waals surface area contributed by atoms with Gasteiger partial charge in [-0.3, -0.25) is 4.79 Å². The van der Waals surface area contributed by atoms with Gasteiger partial charge in [0.2, 0.25) is 5.91 Å². The molecule has 0 saturated carbocycles. The molecule has 0 radical (unpaired) electrons. The summed E-state index contributed by atoms with van der Waals surface area (Å²) in [7, 11) is 1.70.